The van der Waals surface area contributed by atoms with Crippen molar-refractivity contribution in [3.05, 3.63) is 0 Å². The summed E-state index contributed by atoms with van der Waals surface area (Å²) in [6, 6.07) is 0. The number of esters is 2. The van der Waals surface area contributed by atoms with Gasteiger partial charge in [0.05, 0.1) is 13.2 Å². The van der Waals surface area contributed by atoms with Gasteiger partial charge in [-0.15, -0.1) is 0 Å². The van der Waals surface area contributed by atoms with Crippen molar-refractivity contribution in [2.24, 2.45) is 82.9 Å². The Morgan fingerprint density at radius 2 is 1.17 bits per heavy atom. The van der Waals surface area contributed by atoms with Crippen molar-refractivity contribution in [1.82, 2.24) is 0 Å². The van der Waals surface area contributed by atoms with Crippen LogP contribution in [0.4, 0.5) is 0 Å². The molecule has 0 aromatic carbocycles. The van der Waals surface area contributed by atoms with Gasteiger partial charge >= 0.3 is 11.9 Å². The lowest BCUT2D eigenvalue weighted by molar-refractivity contribution is -0.166. The molecule has 7 aliphatic carbocycles. The van der Waals surface area contributed by atoms with E-state index in [4.69, 9.17) is 9.47 Å². The molecule has 0 bridgehead atoms. The lowest BCUT2D eigenvalue weighted by atomic mass is 9.71. The molecule has 0 amide bonds. The van der Waals surface area contributed by atoms with Crippen LogP contribution < -0.4 is 0 Å². The average molecular weight is 412 g/mol. The van der Waals surface area contributed by atoms with Crippen molar-refractivity contribution < 1.29 is 28.7 Å². The van der Waals surface area contributed by atoms with Crippen LogP contribution in [0.15, 0.2) is 0 Å². The van der Waals surface area contributed by atoms with Crippen LogP contribution in [0, 0.1) is 82.9 Å². The first kappa shape index (κ1) is 17.9. The summed E-state index contributed by atoms with van der Waals surface area (Å²) in [7, 11) is 0. The molecule has 7 aliphatic rings. The lowest BCUT2D eigenvalue weighted by Gasteiger charge is -2.31. The molecule has 3 unspecified atom stereocenters. The number of carbonyl (C=O) groups is 4. The van der Waals surface area contributed by atoms with Crippen LogP contribution in [-0.4, -0.2) is 36.7 Å². The Kier molecular flexibility index (Phi) is 3.31. The fourth-order valence-electron chi connectivity index (χ4n) is 10.8. The van der Waals surface area contributed by atoms with Crippen molar-refractivity contribution in [2.45, 2.75) is 26.7 Å². The summed E-state index contributed by atoms with van der Waals surface area (Å²) in [5, 5.41) is 0. The maximum absolute atomic E-state index is 13.8. The van der Waals surface area contributed by atoms with E-state index in [2.05, 4.69) is 0 Å². The zero-order chi connectivity index (χ0) is 20.6. The molecule has 7 fully saturated rings. The normalized spacial score (nSPS) is 54.7. The SMILES string of the molecule is CCOC(=O)C(C(=O)OCC)C1[C@@H]2C(=O)[C@H]3[C@H]4C5C6[C@H]3CC[C@@H]6[C@@H]3C(=O)[C@@H]1[C@@H]([C@@H]53)[C@H]42. The van der Waals surface area contributed by atoms with Crippen molar-refractivity contribution in [1.29, 1.82) is 0 Å². The minimum absolute atomic E-state index is 0.107. The van der Waals surface area contributed by atoms with Crippen molar-refractivity contribution in [2.75, 3.05) is 13.2 Å². The van der Waals surface area contributed by atoms with Crippen molar-refractivity contribution >= 4 is 23.5 Å². The van der Waals surface area contributed by atoms with Gasteiger partial charge in [-0.2, -0.15) is 0 Å². The quantitative estimate of drug-likeness (QED) is 0.505. The molecule has 7 rings (SSSR count). The molecule has 0 aromatic rings. The Bertz CT molecular complexity index is 826. The van der Waals surface area contributed by atoms with Gasteiger partial charge in [0.1, 0.15) is 11.6 Å². The molecule has 0 saturated heterocycles. The molecule has 0 aliphatic heterocycles. The zero-order valence-corrected chi connectivity index (χ0v) is 17.4. The topological polar surface area (TPSA) is 86.7 Å². The number of hydrogen-bond acceptors (Lipinski definition) is 6. The number of Topliss-reactive ketones (excluding diaryl/α,β-unsaturated/α-hetero) is 2. The summed E-state index contributed by atoms with van der Waals surface area (Å²) in [5.74, 6) is 0.262. The van der Waals surface area contributed by atoms with Crippen LogP contribution in [0.1, 0.15) is 26.7 Å². The molecular weight excluding hydrogens is 384 g/mol. The fraction of sp³-hybridized carbons (Fsp3) is 0.833. The Morgan fingerprint density at radius 1 is 0.733 bits per heavy atom. The first-order valence-electron chi connectivity index (χ1n) is 11.9. The monoisotopic (exact) mass is 412 g/mol. The Morgan fingerprint density at radius 3 is 1.60 bits per heavy atom. The summed E-state index contributed by atoms with van der Waals surface area (Å²) < 4.78 is 10.6. The first-order valence-corrected chi connectivity index (χ1v) is 11.9. The highest BCUT2D eigenvalue weighted by Crippen LogP contribution is 2.84. The van der Waals surface area contributed by atoms with Gasteiger partial charge in [0.2, 0.25) is 0 Å². The van der Waals surface area contributed by atoms with Crippen LogP contribution in [0.5, 0.6) is 0 Å². The third-order valence-electron chi connectivity index (χ3n) is 10.7. The highest BCUT2D eigenvalue weighted by Gasteiger charge is 2.86. The van der Waals surface area contributed by atoms with E-state index >= 15 is 0 Å². The molecule has 6 heteroatoms. The Hall–Kier alpha value is -1.72. The fourth-order valence-corrected chi connectivity index (χ4v) is 10.8. The van der Waals surface area contributed by atoms with E-state index in [0.717, 1.165) is 12.8 Å². The summed E-state index contributed by atoms with van der Waals surface area (Å²) in [5.41, 5.74) is 0. The minimum Gasteiger partial charge on any atom is -0.465 e. The second-order valence-electron chi connectivity index (χ2n) is 10.8. The van der Waals surface area contributed by atoms with Gasteiger partial charge in [-0.05, 0) is 74.0 Å². The highest BCUT2D eigenvalue weighted by molar-refractivity contribution is 6.01. The van der Waals surface area contributed by atoms with E-state index in [-0.39, 0.29) is 60.3 Å². The Labute approximate surface area is 175 Å². The van der Waals surface area contributed by atoms with Gasteiger partial charge < -0.3 is 9.47 Å². The van der Waals surface area contributed by atoms with E-state index in [1.165, 1.54) is 0 Å². The Balaban J connectivity index is 1.39. The summed E-state index contributed by atoms with van der Waals surface area (Å²) in [6.45, 7) is 3.75. The van der Waals surface area contributed by atoms with E-state index < -0.39 is 23.8 Å². The van der Waals surface area contributed by atoms with E-state index in [1.807, 2.05) is 0 Å². The largest absolute Gasteiger partial charge is 0.465 e. The molecule has 13 atom stereocenters. The minimum atomic E-state index is -1.15. The zero-order valence-electron chi connectivity index (χ0n) is 17.4. The van der Waals surface area contributed by atoms with Crippen LogP contribution in [0.3, 0.4) is 0 Å². The molecular formula is C24H28O6. The molecule has 7 saturated carbocycles. The van der Waals surface area contributed by atoms with E-state index in [9.17, 15) is 19.2 Å². The van der Waals surface area contributed by atoms with E-state index in [1.54, 1.807) is 13.8 Å². The third-order valence-corrected chi connectivity index (χ3v) is 10.7. The molecule has 6 nitrogen and oxygen atoms in total. The number of rotatable bonds is 5. The van der Waals surface area contributed by atoms with Gasteiger partial charge in [-0.25, -0.2) is 0 Å². The van der Waals surface area contributed by atoms with Gasteiger partial charge in [0, 0.05) is 29.6 Å². The number of fused-ring (bicyclic) bond motifs is 2. The standard InChI is InChI=1S/C24H28O6/c1-3-29-23(27)20(24(28)30-4-2)17-18-15-13-10(21(18)25)7-5-6-8-9(7)12(13)14-11(8)22(26)19(17)16(14)15/h7-20H,3-6H2,1-2H3/t7-,8+,9?,10-,11+,12?,13+,14-,15-,16-,17?,18+,19+/m0/s1. The number of ketones is 2. The third kappa shape index (κ3) is 1.64. The average Bonchev–Trinajstić information content (AvgIpc) is 3.47. The van der Waals surface area contributed by atoms with Crippen molar-refractivity contribution in [3.8, 4) is 0 Å². The second kappa shape index (κ2) is 5.55. The predicted molar refractivity (Wildman–Crippen MR) is 101 cm³/mol. The van der Waals surface area contributed by atoms with Crippen LogP contribution in [0.25, 0.3) is 0 Å². The summed E-state index contributed by atoms with van der Waals surface area (Å²) in [4.78, 5) is 53.6. The van der Waals surface area contributed by atoms with Gasteiger partial charge in [-0.3, -0.25) is 19.2 Å². The number of ether oxygens (including phenoxy) is 2. The maximum atomic E-state index is 13.8. The smallest absolute Gasteiger partial charge is 0.320 e. The summed E-state index contributed by atoms with van der Waals surface area (Å²) >= 11 is 0. The van der Waals surface area contributed by atoms with Gasteiger partial charge in [0.25, 0.3) is 0 Å². The molecule has 0 radical (unpaired) electrons. The molecule has 0 spiro atoms. The van der Waals surface area contributed by atoms with Crippen LogP contribution in [-0.2, 0) is 28.7 Å². The van der Waals surface area contributed by atoms with Crippen LogP contribution >= 0.6 is 0 Å². The first-order chi connectivity index (χ1) is 14.5. The highest BCUT2D eigenvalue weighted by atomic mass is 16.6. The maximum Gasteiger partial charge on any atom is 0.320 e. The molecule has 0 heterocycles. The van der Waals surface area contributed by atoms with Gasteiger partial charge in [-0.1, -0.05) is 0 Å². The van der Waals surface area contributed by atoms with Crippen LogP contribution in [0.2, 0.25) is 0 Å². The molecule has 0 aromatic heterocycles. The van der Waals surface area contributed by atoms with Crippen molar-refractivity contribution in [3.63, 3.8) is 0 Å². The predicted octanol–water partition coefficient (Wildman–Crippen LogP) is 1.75. The van der Waals surface area contributed by atoms with E-state index in [0.29, 0.717) is 35.5 Å². The second-order valence-corrected chi connectivity index (χ2v) is 10.8. The number of carbonyl (C=O) groups excluding carboxylic acids is 4. The summed E-state index contributed by atoms with van der Waals surface area (Å²) in [6.07, 6.45) is 2.15. The molecule has 30 heavy (non-hydrogen) atoms. The van der Waals surface area contributed by atoms with Gasteiger partial charge in [0.15, 0.2) is 5.92 Å². The lowest BCUT2D eigenvalue weighted by Crippen LogP contribution is -2.44. The number of hydrogen-bond donors (Lipinski definition) is 0. The molecule has 160 valence electrons. The molecule has 0 N–H and O–H groups in total.